The second-order valence-electron chi connectivity index (χ2n) is 3.82. The van der Waals surface area contributed by atoms with E-state index in [2.05, 4.69) is 0 Å². The minimum absolute atomic E-state index is 0.0316. The molecule has 0 aromatic heterocycles. The molecule has 0 saturated heterocycles. The van der Waals surface area contributed by atoms with E-state index in [0.717, 1.165) is 6.07 Å². The topological polar surface area (TPSA) is 80.7 Å². The van der Waals surface area contributed by atoms with Gasteiger partial charge in [0, 0.05) is 6.07 Å². The average molecular weight is 313 g/mol. The third-order valence-electron chi connectivity index (χ3n) is 2.40. The second-order valence-corrected chi connectivity index (χ2v) is 5.62. The highest BCUT2D eigenvalue weighted by molar-refractivity contribution is 7.86. The molecule has 0 heterocycles. The molecule has 2 aromatic carbocycles. The second kappa shape index (κ2) is 5.62. The van der Waals surface area contributed by atoms with Crippen LogP contribution in [-0.2, 0) is 10.1 Å². The highest BCUT2D eigenvalue weighted by atomic mass is 35.5. The summed E-state index contributed by atoms with van der Waals surface area (Å²) >= 11 is 5.65. The Morgan fingerprint density at radius 3 is 2.35 bits per heavy atom. The van der Waals surface area contributed by atoms with Crippen molar-refractivity contribution in [3.63, 3.8) is 0 Å². The molecular weight excluding hydrogens is 304 g/mol. The van der Waals surface area contributed by atoms with Gasteiger partial charge in [-0.25, -0.2) is 4.79 Å². The number of carbonyl (C=O) groups excluding carboxylic acids is 1. The van der Waals surface area contributed by atoms with Crippen molar-refractivity contribution in [3.05, 3.63) is 59.1 Å². The normalized spacial score (nSPS) is 11.1. The van der Waals surface area contributed by atoms with Gasteiger partial charge >= 0.3 is 5.97 Å². The van der Waals surface area contributed by atoms with Crippen molar-refractivity contribution in [1.82, 2.24) is 0 Å². The number of halogens is 1. The Bertz CT molecular complexity index is 741. The van der Waals surface area contributed by atoms with Gasteiger partial charge in [0.1, 0.15) is 10.6 Å². The molecule has 2 aromatic rings. The number of rotatable bonds is 3. The Kier molecular flexibility index (Phi) is 4.08. The Labute approximate surface area is 120 Å². The van der Waals surface area contributed by atoms with Gasteiger partial charge in [-0.15, -0.1) is 0 Å². The van der Waals surface area contributed by atoms with E-state index in [4.69, 9.17) is 20.9 Å². The van der Waals surface area contributed by atoms with Gasteiger partial charge in [-0.05, 0) is 24.3 Å². The van der Waals surface area contributed by atoms with Crippen LogP contribution in [-0.4, -0.2) is 18.9 Å². The standard InChI is InChI=1S/C13H9ClO5S/c14-11-7-6-10(8-12(11)20(16,17)18)19-13(15)9-4-2-1-3-5-9/h1-8H,(H,16,17,18). The molecule has 0 unspecified atom stereocenters. The predicted octanol–water partition coefficient (Wildman–Crippen LogP) is 2.81. The van der Waals surface area contributed by atoms with Crippen molar-refractivity contribution in [1.29, 1.82) is 0 Å². The van der Waals surface area contributed by atoms with Crippen molar-refractivity contribution in [2.45, 2.75) is 4.90 Å². The van der Waals surface area contributed by atoms with Gasteiger partial charge in [0.2, 0.25) is 0 Å². The van der Waals surface area contributed by atoms with Crippen molar-refractivity contribution in [3.8, 4) is 5.75 Å². The Morgan fingerprint density at radius 2 is 1.75 bits per heavy atom. The van der Waals surface area contributed by atoms with Crippen LogP contribution in [0.5, 0.6) is 5.75 Å². The SMILES string of the molecule is O=C(Oc1ccc(Cl)c(S(=O)(=O)O)c1)c1ccccc1. The van der Waals surface area contributed by atoms with E-state index in [-0.39, 0.29) is 10.8 Å². The van der Waals surface area contributed by atoms with Crippen molar-refractivity contribution in [2.24, 2.45) is 0 Å². The zero-order chi connectivity index (χ0) is 14.8. The molecule has 0 fully saturated rings. The molecular formula is C13H9ClO5S. The van der Waals surface area contributed by atoms with Crippen LogP contribution in [0, 0.1) is 0 Å². The van der Waals surface area contributed by atoms with Gasteiger partial charge < -0.3 is 4.74 Å². The Morgan fingerprint density at radius 1 is 1.10 bits per heavy atom. The fourth-order valence-electron chi connectivity index (χ4n) is 1.49. The van der Waals surface area contributed by atoms with Crippen LogP contribution in [0.1, 0.15) is 10.4 Å². The number of esters is 1. The third-order valence-corrected chi connectivity index (χ3v) is 3.74. The fourth-order valence-corrected chi connectivity index (χ4v) is 2.47. The van der Waals surface area contributed by atoms with Crippen LogP contribution in [0.3, 0.4) is 0 Å². The molecule has 0 aliphatic heterocycles. The summed E-state index contributed by atoms with van der Waals surface area (Å²) in [6.07, 6.45) is 0. The molecule has 0 atom stereocenters. The number of hydrogen-bond acceptors (Lipinski definition) is 4. The summed E-state index contributed by atoms with van der Waals surface area (Å²) in [5, 5.41) is -0.160. The first kappa shape index (κ1) is 14.5. The number of benzene rings is 2. The van der Waals surface area contributed by atoms with Gasteiger partial charge in [-0.3, -0.25) is 4.55 Å². The van der Waals surface area contributed by atoms with Crippen LogP contribution in [0.4, 0.5) is 0 Å². The highest BCUT2D eigenvalue weighted by Gasteiger charge is 2.17. The van der Waals surface area contributed by atoms with E-state index >= 15 is 0 Å². The average Bonchev–Trinajstić information content (AvgIpc) is 2.40. The molecule has 0 aliphatic carbocycles. The molecule has 7 heteroatoms. The van der Waals surface area contributed by atoms with E-state index in [1.54, 1.807) is 30.3 Å². The van der Waals surface area contributed by atoms with Crippen LogP contribution in [0.15, 0.2) is 53.4 Å². The molecule has 1 N–H and O–H groups in total. The van der Waals surface area contributed by atoms with Crippen LogP contribution < -0.4 is 4.74 Å². The van der Waals surface area contributed by atoms with E-state index in [9.17, 15) is 13.2 Å². The maximum atomic E-state index is 11.8. The van der Waals surface area contributed by atoms with Crippen LogP contribution >= 0.6 is 11.6 Å². The van der Waals surface area contributed by atoms with Gasteiger partial charge in [-0.2, -0.15) is 8.42 Å². The monoisotopic (exact) mass is 312 g/mol. The minimum atomic E-state index is -4.48. The molecule has 20 heavy (non-hydrogen) atoms. The lowest BCUT2D eigenvalue weighted by atomic mass is 10.2. The summed E-state index contributed by atoms with van der Waals surface area (Å²) in [6, 6.07) is 11.7. The zero-order valence-electron chi connectivity index (χ0n) is 9.99. The quantitative estimate of drug-likeness (QED) is 0.535. The molecule has 0 amide bonds. The van der Waals surface area contributed by atoms with E-state index < -0.39 is 21.0 Å². The van der Waals surface area contributed by atoms with Crippen molar-refractivity contribution < 1.29 is 22.5 Å². The molecule has 0 bridgehead atoms. The largest absolute Gasteiger partial charge is 0.423 e. The summed E-state index contributed by atoms with van der Waals surface area (Å²) in [7, 11) is -4.48. The lowest BCUT2D eigenvalue weighted by Gasteiger charge is -2.06. The Balaban J connectivity index is 2.30. The fraction of sp³-hybridized carbons (Fsp3) is 0. The van der Waals surface area contributed by atoms with Gasteiger partial charge in [-0.1, -0.05) is 29.8 Å². The first-order valence-corrected chi connectivity index (χ1v) is 7.24. The summed E-state index contributed by atoms with van der Waals surface area (Å²) in [5.41, 5.74) is 0.316. The summed E-state index contributed by atoms with van der Waals surface area (Å²) in [5.74, 6) is -0.676. The van der Waals surface area contributed by atoms with E-state index in [1.807, 2.05) is 0 Å². The zero-order valence-corrected chi connectivity index (χ0v) is 11.6. The van der Waals surface area contributed by atoms with E-state index in [0.29, 0.717) is 5.56 Å². The lowest BCUT2D eigenvalue weighted by molar-refractivity contribution is 0.0734. The summed E-state index contributed by atoms with van der Waals surface area (Å²) < 4.78 is 36.2. The van der Waals surface area contributed by atoms with E-state index in [1.165, 1.54) is 12.1 Å². The van der Waals surface area contributed by atoms with Crippen LogP contribution in [0.25, 0.3) is 0 Å². The van der Waals surface area contributed by atoms with Gasteiger partial charge in [0.15, 0.2) is 0 Å². The molecule has 0 aliphatic rings. The maximum absolute atomic E-state index is 11.8. The maximum Gasteiger partial charge on any atom is 0.343 e. The third kappa shape index (κ3) is 3.36. The number of carbonyl (C=O) groups is 1. The Hall–Kier alpha value is -1.89. The minimum Gasteiger partial charge on any atom is -0.423 e. The molecule has 0 spiro atoms. The molecule has 104 valence electrons. The van der Waals surface area contributed by atoms with Gasteiger partial charge in [0.25, 0.3) is 10.1 Å². The number of ether oxygens (including phenoxy) is 1. The van der Waals surface area contributed by atoms with Crippen molar-refractivity contribution in [2.75, 3.05) is 0 Å². The lowest BCUT2D eigenvalue weighted by Crippen LogP contribution is -2.09. The van der Waals surface area contributed by atoms with Crippen molar-refractivity contribution >= 4 is 27.7 Å². The predicted molar refractivity (Wildman–Crippen MR) is 72.7 cm³/mol. The first-order valence-electron chi connectivity index (χ1n) is 5.42. The summed E-state index contributed by atoms with van der Waals surface area (Å²) in [4.78, 5) is 11.3. The highest BCUT2D eigenvalue weighted by Crippen LogP contribution is 2.26. The first-order chi connectivity index (χ1) is 9.38. The van der Waals surface area contributed by atoms with Gasteiger partial charge in [0.05, 0.1) is 10.6 Å². The molecule has 2 rings (SSSR count). The van der Waals surface area contributed by atoms with Crippen LogP contribution in [0.2, 0.25) is 5.02 Å². The smallest absolute Gasteiger partial charge is 0.343 e. The molecule has 5 nitrogen and oxygen atoms in total. The summed E-state index contributed by atoms with van der Waals surface area (Å²) in [6.45, 7) is 0. The molecule has 0 saturated carbocycles. The molecule has 0 radical (unpaired) electrons. The number of hydrogen-bond donors (Lipinski definition) is 1.